The molecule has 1 aliphatic rings. The van der Waals surface area contributed by atoms with E-state index in [1.165, 1.54) is 16.1 Å². The molecule has 4 nitrogen and oxygen atoms in total. The Labute approximate surface area is 166 Å². The molecule has 0 radical (unpaired) electrons. The van der Waals surface area contributed by atoms with Crippen LogP contribution in [-0.4, -0.2) is 34.9 Å². The average molecular weight is 404 g/mol. The number of para-hydroxylation sites is 1. The highest BCUT2D eigenvalue weighted by atomic mass is 35.5. The van der Waals surface area contributed by atoms with Crippen LogP contribution < -0.4 is 5.73 Å². The standard InChI is InChI=1S/C18H25N3OS.2ClH/c19-13-14-7-5-6-12-21(14)18(22)11-4-3-10-17-20-15-8-1-2-9-16(15)23-17;;/h1-2,8-9,14H,3-7,10-13,19H2;2*1H. The van der Waals surface area contributed by atoms with Gasteiger partial charge in [0.15, 0.2) is 0 Å². The third kappa shape index (κ3) is 5.81. The molecule has 25 heavy (non-hydrogen) atoms. The highest BCUT2D eigenvalue weighted by Crippen LogP contribution is 2.23. The first-order valence-corrected chi connectivity index (χ1v) is 9.43. The van der Waals surface area contributed by atoms with Gasteiger partial charge in [-0.3, -0.25) is 4.79 Å². The van der Waals surface area contributed by atoms with Crippen molar-refractivity contribution in [3.05, 3.63) is 29.3 Å². The first-order chi connectivity index (χ1) is 11.3. The number of benzene rings is 1. The van der Waals surface area contributed by atoms with Gasteiger partial charge in [-0.1, -0.05) is 12.1 Å². The van der Waals surface area contributed by atoms with Crippen molar-refractivity contribution in [2.24, 2.45) is 5.73 Å². The van der Waals surface area contributed by atoms with Crippen molar-refractivity contribution < 1.29 is 4.79 Å². The van der Waals surface area contributed by atoms with Crippen molar-refractivity contribution in [1.82, 2.24) is 9.88 Å². The smallest absolute Gasteiger partial charge is 0.222 e. The van der Waals surface area contributed by atoms with Crippen LogP contribution >= 0.6 is 36.2 Å². The molecule has 1 aromatic heterocycles. The summed E-state index contributed by atoms with van der Waals surface area (Å²) in [5.41, 5.74) is 6.88. The second-order valence-corrected chi connectivity index (χ2v) is 7.37. The van der Waals surface area contributed by atoms with Crippen molar-refractivity contribution >= 4 is 52.3 Å². The fourth-order valence-corrected chi connectivity index (χ4v) is 4.31. The maximum atomic E-state index is 12.4. The highest BCUT2D eigenvalue weighted by Gasteiger charge is 2.24. The largest absolute Gasteiger partial charge is 0.338 e. The molecule has 3 rings (SSSR count). The number of aryl methyl sites for hydroxylation is 1. The Hall–Kier alpha value is -0.880. The molecule has 1 atom stereocenters. The number of rotatable bonds is 6. The molecule has 2 aromatic rings. The highest BCUT2D eigenvalue weighted by molar-refractivity contribution is 7.18. The lowest BCUT2D eigenvalue weighted by atomic mass is 10.0. The Bertz CT molecular complexity index is 632. The Morgan fingerprint density at radius 3 is 2.80 bits per heavy atom. The van der Waals surface area contributed by atoms with Crippen LogP contribution in [0.2, 0.25) is 0 Å². The van der Waals surface area contributed by atoms with E-state index in [2.05, 4.69) is 23.2 Å². The van der Waals surface area contributed by atoms with Crippen LogP contribution in [0.5, 0.6) is 0 Å². The zero-order valence-electron chi connectivity index (χ0n) is 14.4. The molecule has 0 bridgehead atoms. The van der Waals surface area contributed by atoms with Gasteiger partial charge in [-0.15, -0.1) is 36.2 Å². The number of amides is 1. The molecular formula is C18H27Cl2N3OS. The molecule has 1 fully saturated rings. The van der Waals surface area contributed by atoms with Gasteiger partial charge in [-0.25, -0.2) is 4.98 Å². The normalized spacial score (nSPS) is 17.0. The number of nitrogens with zero attached hydrogens (tertiary/aromatic N) is 2. The van der Waals surface area contributed by atoms with Crippen molar-refractivity contribution in [1.29, 1.82) is 0 Å². The summed E-state index contributed by atoms with van der Waals surface area (Å²) in [7, 11) is 0. The summed E-state index contributed by atoms with van der Waals surface area (Å²) in [6.07, 6.45) is 6.94. The van der Waals surface area contributed by atoms with Crippen LogP contribution in [0, 0.1) is 0 Å². The van der Waals surface area contributed by atoms with E-state index in [0.717, 1.165) is 44.2 Å². The van der Waals surface area contributed by atoms with Gasteiger partial charge in [-0.05, 0) is 50.7 Å². The SMILES string of the molecule is Cl.Cl.NCC1CCCCN1C(=O)CCCCc1nc2ccccc2s1. The fourth-order valence-electron chi connectivity index (χ4n) is 3.30. The van der Waals surface area contributed by atoms with Crippen LogP contribution in [0.1, 0.15) is 43.5 Å². The van der Waals surface area contributed by atoms with E-state index < -0.39 is 0 Å². The number of hydrogen-bond donors (Lipinski definition) is 1. The molecule has 1 amide bonds. The molecule has 7 heteroatoms. The van der Waals surface area contributed by atoms with Gasteiger partial charge in [0, 0.05) is 25.6 Å². The number of unbranched alkanes of at least 4 members (excludes halogenated alkanes) is 1. The summed E-state index contributed by atoms with van der Waals surface area (Å²) in [5, 5.41) is 1.18. The Morgan fingerprint density at radius 2 is 2.04 bits per heavy atom. The van der Waals surface area contributed by atoms with E-state index >= 15 is 0 Å². The van der Waals surface area contributed by atoms with Gasteiger partial charge in [0.1, 0.15) is 0 Å². The molecule has 0 spiro atoms. The van der Waals surface area contributed by atoms with E-state index in [0.29, 0.717) is 13.0 Å². The second kappa shape index (κ2) is 11.0. The molecule has 1 aromatic carbocycles. The molecular weight excluding hydrogens is 377 g/mol. The van der Waals surface area contributed by atoms with E-state index in [9.17, 15) is 4.79 Å². The molecule has 0 aliphatic carbocycles. The Kier molecular flexibility index (Phi) is 9.72. The molecule has 0 saturated carbocycles. The van der Waals surface area contributed by atoms with Crippen molar-refractivity contribution in [3.63, 3.8) is 0 Å². The number of halogens is 2. The summed E-state index contributed by atoms with van der Waals surface area (Å²) in [4.78, 5) is 19.0. The zero-order valence-corrected chi connectivity index (χ0v) is 16.8. The number of thiazole rings is 1. The number of hydrogen-bond acceptors (Lipinski definition) is 4. The lowest BCUT2D eigenvalue weighted by Crippen LogP contribution is -2.47. The van der Waals surface area contributed by atoms with Crippen LogP contribution in [0.4, 0.5) is 0 Å². The fraction of sp³-hybridized carbons (Fsp3) is 0.556. The minimum Gasteiger partial charge on any atom is -0.338 e. The van der Waals surface area contributed by atoms with Crippen LogP contribution in [0.3, 0.4) is 0 Å². The topological polar surface area (TPSA) is 59.2 Å². The molecule has 2 N–H and O–H groups in total. The number of fused-ring (bicyclic) bond motifs is 1. The predicted molar refractivity (Wildman–Crippen MR) is 110 cm³/mol. The predicted octanol–water partition coefficient (Wildman–Crippen LogP) is 4.19. The van der Waals surface area contributed by atoms with Gasteiger partial charge in [0.2, 0.25) is 5.91 Å². The average Bonchev–Trinajstić information content (AvgIpc) is 3.01. The summed E-state index contributed by atoms with van der Waals surface area (Å²) in [6.45, 7) is 1.48. The number of piperidine rings is 1. The van der Waals surface area contributed by atoms with E-state index in [-0.39, 0.29) is 36.8 Å². The lowest BCUT2D eigenvalue weighted by Gasteiger charge is -2.35. The van der Waals surface area contributed by atoms with Crippen molar-refractivity contribution in [2.75, 3.05) is 13.1 Å². The Morgan fingerprint density at radius 1 is 1.24 bits per heavy atom. The van der Waals surface area contributed by atoms with Gasteiger partial charge < -0.3 is 10.6 Å². The second-order valence-electron chi connectivity index (χ2n) is 6.25. The van der Waals surface area contributed by atoms with Crippen molar-refractivity contribution in [2.45, 2.75) is 51.0 Å². The molecule has 140 valence electrons. The molecule has 1 aliphatic heterocycles. The summed E-state index contributed by atoms with van der Waals surface area (Å²) in [6, 6.07) is 8.51. The Balaban J connectivity index is 0.00000156. The van der Waals surface area contributed by atoms with E-state index in [1.54, 1.807) is 11.3 Å². The minimum atomic E-state index is 0. The third-order valence-electron chi connectivity index (χ3n) is 4.59. The first kappa shape index (κ1) is 22.2. The zero-order chi connectivity index (χ0) is 16.1. The maximum Gasteiger partial charge on any atom is 0.222 e. The minimum absolute atomic E-state index is 0. The molecule has 2 heterocycles. The van der Waals surface area contributed by atoms with Gasteiger partial charge in [0.25, 0.3) is 0 Å². The summed E-state index contributed by atoms with van der Waals surface area (Å²) >= 11 is 1.77. The lowest BCUT2D eigenvalue weighted by molar-refractivity contribution is -0.134. The number of likely N-dealkylation sites (tertiary alicyclic amines) is 1. The monoisotopic (exact) mass is 403 g/mol. The quantitative estimate of drug-likeness (QED) is 0.735. The summed E-state index contributed by atoms with van der Waals surface area (Å²) < 4.78 is 1.25. The van der Waals surface area contributed by atoms with Gasteiger partial charge in [-0.2, -0.15) is 0 Å². The summed E-state index contributed by atoms with van der Waals surface area (Å²) in [5.74, 6) is 0.282. The van der Waals surface area contributed by atoms with E-state index in [1.807, 2.05) is 11.0 Å². The maximum absolute atomic E-state index is 12.4. The number of carbonyl (C=O) groups excluding carboxylic acids is 1. The van der Waals surface area contributed by atoms with E-state index in [4.69, 9.17) is 5.73 Å². The van der Waals surface area contributed by atoms with Crippen LogP contribution in [0.25, 0.3) is 10.2 Å². The molecule has 1 saturated heterocycles. The third-order valence-corrected chi connectivity index (χ3v) is 5.69. The number of aromatic nitrogens is 1. The van der Waals surface area contributed by atoms with Gasteiger partial charge >= 0.3 is 0 Å². The number of nitrogens with two attached hydrogens (primary N) is 1. The van der Waals surface area contributed by atoms with Gasteiger partial charge in [0.05, 0.1) is 15.2 Å². The molecule has 1 unspecified atom stereocenters. The van der Waals surface area contributed by atoms with Crippen molar-refractivity contribution in [3.8, 4) is 0 Å². The first-order valence-electron chi connectivity index (χ1n) is 8.62. The number of carbonyl (C=O) groups is 1. The van der Waals surface area contributed by atoms with Crippen LogP contribution in [0.15, 0.2) is 24.3 Å². The van der Waals surface area contributed by atoms with Crippen LogP contribution in [-0.2, 0) is 11.2 Å².